The van der Waals surface area contributed by atoms with Crippen molar-refractivity contribution in [3.05, 3.63) is 65.0 Å². The molecule has 0 saturated carbocycles. The molecule has 1 aromatic heterocycles. The smallest absolute Gasteiger partial charge is 0.200 e. The van der Waals surface area contributed by atoms with E-state index in [0.717, 1.165) is 30.9 Å². The molecule has 3 aromatic rings. The lowest BCUT2D eigenvalue weighted by Gasteiger charge is -2.32. The molecule has 1 saturated heterocycles. The van der Waals surface area contributed by atoms with Crippen LogP contribution in [0.3, 0.4) is 0 Å². The Morgan fingerprint density at radius 1 is 1.07 bits per heavy atom. The maximum Gasteiger partial charge on any atom is 0.200 e. The average Bonchev–Trinajstić information content (AvgIpc) is 2.68. The van der Waals surface area contributed by atoms with Gasteiger partial charge in [0.1, 0.15) is 56.0 Å². The van der Waals surface area contributed by atoms with Crippen LogP contribution in [0.5, 0.6) is 5.75 Å². The highest BCUT2D eigenvalue weighted by atomic mass is 16.5. The molecule has 4 rings (SSSR count). The molecule has 5 heteroatoms. The van der Waals surface area contributed by atoms with Crippen LogP contribution in [-0.4, -0.2) is 38.4 Å². The van der Waals surface area contributed by atoms with Crippen molar-refractivity contribution in [3.8, 4) is 16.9 Å². The Kier molecular flexibility index (Phi) is 5.46. The van der Waals surface area contributed by atoms with Crippen molar-refractivity contribution in [1.82, 2.24) is 0 Å². The molecule has 2 aromatic carbocycles. The monoisotopic (exact) mass is 380 g/mol. The van der Waals surface area contributed by atoms with E-state index < -0.39 is 0 Å². The third-order valence-electron chi connectivity index (χ3n) is 5.17. The zero-order valence-electron chi connectivity index (χ0n) is 16.3. The van der Waals surface area contributed by atoms with Gasteiger partial charge < -0.3 is 18.8 Å². The number of nitrogens with one attached hydrogen (secondary N) is 1. The molecule has 146 valence electrons. The number of benzene rings is 2. The normalized spacial score (nSPS) is 22.3. The molecule has 1 fully saturated rings. The largest absolute Gasteiger partial charge is 0.488 e. The minimum Gasteiger partial charge on any atom is -0.488 e. The van der Waals surface area contributed by atoms with E-state index in [4.69, 9.17) is 13.9 Å². The van der Waals surface area contributed by atoms with Crippen LogP contribution in [0.2, 0.25) is 0 Å². The number of rotatable bonds is 5. The zero-order chi connectivity index (χ0) is 19.5. The van der Waals surface area contributed by atoms with Gasteiger partial charge in [0.15, 0.2) is 5.43 Å². The van der Waals surface area contributed by atoms with E-state index in [2.05, 4.69) is 13.8 Å². The van der Waals surface area contributed by atoms with E-state index >= 15 is 0 Å². The van der Waals surface area contributed by atoms with Crippen molar-refractivity contribution in [3.63, 3.8) is 0 Å². The van der Waals surface area contributed by atoms with Crippen LogP contribution in [0, 0.1) is 0 Å². The first-order valence-corrected chi connectivity index (χ1v) is 9.83. The highest BCUT2D eigenvalue weighted by molar-refractivity contribution is 5.82. The second kappa shape index (κ2) is 8.17. The molecule has 1 aliphatic heterocycles. The quantitative estimate of drug-likeness (QED) is 0.739. The molecule has 1 N–H and O–H groups in total. The van der Waals surface area contributed by atoms with Gasteiger partial charge in [-0.3, -0.25) is 4.79 Å². The average molecular weight is 380 g/mol. The van der Waals surface area contributed by atoms with Crippen LogP contribution in [-0.2, 0) is 4.74 Å². The van der Waals surface area contributed by atoms with Crippen molar-refractivity contribution in [1.29, 1.82) is 0 Å². The summed E-state index contributed by atoms with van der Waals surface area (Å²) in [6, 6.07) is 15.0. The molecule has 3 atom stereocenters. The van der Waals surface area contributed by atoms with E-state index in [0.29, 0.717) is 23.1 Å². The van der Waals surface area contributed by atoms with Crippen LogP contribution in [0.15, 0.2) is 64.0 Å². The summed E-state index contributed by atoms with van der Waals surface area (Å²) < 4.78 is 17.4. The Bertz CT molecular complexity index is 988. The van der Waals surface area contributed by atoms with E-state index in [1.807, 2.05) is 36.4 Å². The van der Waals surface area contributed by atoms with Crippen molar-refractivity contribution in [2.24, 2.45) is 0 Å². The molecular formula is C23H26NO4+. The summed E-state index contributed by atoms with van der Waals surface area (Å²) in [5, 5.41) is 0.565. The van der Waals surface area contributed by atoms with Gasteiger partial charge in [0.2, 0.25) is 0 Å². The summed E-state index contributed by atoms with van der Waals surface area (Å²) in [6.07, 6.45) is 2.10. The number of quaternary nitrogens is 1. The van der Waals surface area contributed by atoms with E-state index in [-0.39, 0.29) is 17.6 Å². The summed E-state index contributed by atoms with van der Waals surface area (Å²) in [4.78, 5) is 14.3. The Labute approximate surface area is 164 Å². The molecule has 5 nitrogen and oxygen atoms in total. The number of ether oxygens (including phenoxy) is 2. The number of hydrogen-bond donors (Lipinski definition) is 1. The highest BCUT2D eigenvalue weighted by Gasteiger charge is 2.25. The Morgan fingerprint density at radius 2 is 1.82 bits per heavy atom. The van der Waals surface area contributed by atoms with Crippen molar-refractivity contribution in [2.75, 3.05) is 26.2 Å². The van der Waals surface area contributed by atoms with Crippen molar-refractivity contribution >= 4 is 11.0 Å². The third-order valence-corrected chi connectivity index (χ3v) is 5.17. The standard InChI is InChI=1S/C23H25NO4/c1-16-13-24(14-17(2)28-16)10-11-26-19-8-9-20-22(12-19)27-15-21(23(20)25)18-6-4-3-5-7-18/h3-9,12,15-17H,10-11,13-14H2,1-2H3/p+1/t16-,17+. The van der Waals surface area contributed by atoms with Gasteiger partial charge in [-0.1, -0.05) is 30.3 Å². The molecule has 0 spiro atoms. The summed E-state index contributed by atoms with van der Waals surface area (Å²) in [5.41, 5.74) is 1.94. The highest BCUT2D eigenvalue weighted by Crippen LogP contribution is 2.22. The van der Waals surface area contributed by atoms with Gasteiger partial charge in [-0.25, -0.2) is 0 Å². The fourth-order valence-corrected chi connectivity index (χ4v) is 3.92. The minimum absolute atomic E-state index is 0.0280. The minimum atomic E-state index is -0.0280. The molecule has 1 unspecified atom stereocenters. The maximum atomic E-state index is 12.8. The van der Waals surface area contributed by atoms with Crippen LogP contribution >= 0.6 is 0 Å². The Balaban J connectivity index is 1.46. The second-order valence-electron chi connectivity index (χ2n) is 7.52. The van der Waals surface area contributed by atoms with Gasteiger partial charge in [0.05, 0.1) is 10.9 Å². The molecule has 0 bridgehead atoms. The van der Waals surface area contributed by atoms with Gasteiger partial charge in [-0.15, -0.1) is 0 Å². The molecule has 1 aliphatic rings. The van der Waals surface area contributed by atoms with Crippen molar-refractivity contribution < 1.29 is 18.8 Å². The predicted octanol–water partition coefficient (Wildman–Crippen LogP) is 2.53. The molecule has 2 heterocycles. The molecular weight excluding hydrogens is 354 g/mol. The first-order valence-electron chi connectivity index (χ1n) is 9.83. The number of hydrogen-bond acceptors (Lipinski definition) is 4. The van der Waals surface area contributed by atoms with Gasteiger partial charge in [0.25, 0.3) is 0 Å². The topological polar surface area (TPSA) is 53.1 Å². The third kappa shape index (κ3) is 4.11. The second-order valence-corrected chi connectivity index (χ2v) is 7.52. The van der Waals surface area contributed by atoms with Gasteiger partial charge in [0, 0.05) is 6.07 Å². The lowest BCUT2D eigenvalue weighted by atomic mass is 10.1. The van der Waals surface area contributed by atoms with Crippen LogP contribution < -0.4 is 15.1 Å². The predicted molar refractivity (Wildman–Crippen MR) is 109 cm³/mol. The lowest BCUT2D eigenvalue weighted by molar-refractivity contribution is -0.915. The molecule has 0 amide bonds. The fourth-order valence-electron chi connectivity index (χ4n) is 3.92. The van der Waals surface area contributed by atoms with E-state index in [1.54, 1.807) is 12.1 Å². The van der Waals surface area contributed by atoms with Crippen molar-refractivity contribution in [2.45, 2.75) is 26.1 Å². The number of morpholine rings is 1. The summed E-state index contributed by atoms with van der Waals surface area (Å²) in [5.74, 6) is 0.719. The first kappa shape index (κ1) is 18.7. The summed E-state index contributed by atoms with van der Waals surface area (Å²) in [7, 11) is 0. The van der Waals surface area contributed by atoms with Gasteiger partial charge in [-0.2, -0.15) is 0 Å². The SMILES string of the molecule is C[C@@H]1C[NH+](CCOc2ccc3c(=O)c(-c4ccccc4)coc3c2)C[C@H](C)O1. The molecule has 0 aliphatic carbocycles. The van der Waals surface area contributed by atoms with E-state index in [9.17, 15) is 4.79 Å². The van der Waals surface area contributed by atoms with Crippen LogP contribution in [0.1, 0.15) is 13.8 Å². The maximum absolute atomic E-state index is 12.8. The Morgan fingerprint density at radius 3 is 2.57 bits per heavy atom. The summed E-state index contributed by atoms with van der Waals surface area (Å²) in [6.45, 7) is 7.78. The first-order chi connectivity index (χ1) is 13.6. The Hall–Kier alpha value is -2.63. The van der Waals surface area contributed by atoms with Crippen LogP contribution in [0.4, 0.5) is 0 Å². The van der Waals surface area contributed by atoms with E-state index in [1.165, 1.54) is 11.2 Å². The summed E-state index contributed by atoms with van der Waals surface area (Å²) >= 11 is 0. The van der Waals surface area contributed by atoms with Crippen LogP contribution in [0.25, 0.3) is 22.1 Å². The van der Waals surface area contributed by atoms with Gasteiger partial charge in [-0.05, 0) is 31.5 Å². The van der Waals surface area contributed by atoms with Gasteiger partial charge >= 0.3 is 0 Å². The zero-order valence-corrected chi connectivity index (χ0v) is 16.3. The number of fused-ring (bicyclic) bond motifs is 1. The lowest BCUT2D eigenvalue weighted by Crippen LogP contribution is -3.16. The molecule has 0 radical (unpaired) electrons. The molecule has 28 heavy (non-hydrogen) atoms. The fraction of sp³-hybridized carbons (Fsp3) is 0.348.